The van der Waals surface area contributed by atoms with Crippen LogP contribution in [0.5, 0.6) is 0 Å². The monoisotopic (exact) mass is 273 g/mol. The molecule has 0 spiro atoms. The molecule has 0 radical (unpaired) electrons. The molecule has 1 heterocycles. The lowest BCUT2D eigenvalue weighted by Crippen LogP contribution is -2.23. The van der Waals surface area contributed by atoms with Crippen LogP contribution in [0.25, 0.3) is 0 Å². The largest absolute Gasteiger partial charge is 0.380 e. The van der Waals surface area contributed by atoms with Gasteiger partial charge in [0.25, 0.3) is 0 Å². The molecule has 6 nitrogen and oxygen atoms in total. The van der Waals surface area contributed by atoms with Crippen molar-refractivity contribution in [2.75, 3.05) is 12.4 Å². The van der Waals surface area contributed by atoms with E-state index in [9.17, 15) is 0 Å². The number of nitrogens with two attached hydrogens (primary N) is 1. The highest BCUT2D eigenvalue weighted by Gasteiger charge is 2.03. The van der Waals surface area contributed by atoms with Crippen molar-refractivity contribution >= 4 is 11.6 Å². The molecule has 1 aromatic carbocycles. The molecule has 1 aromatic heterocycles. The van der Waals surface area contributed by atoms with E-state index in [2.05, 4.69) is 15.3 Å². The third kappa shape index (κ3) is 3.58. The van der Waals surface area contributed by atoms with E-state index in [1.807, 2.05) is 35.9 Å². The fourth-order valence-electron chi connectivity index (χ4n) is 1.80. The minimum absolute atomic E-state index is 0.370. The SMILES string of the molecule is COCc1ccccc1NC(N)=NCc1cncn1C. The molecule has 20 heavy (non-hydrogen) atoms. The highest BCUT2D eigenvalue weighted by Crippen LogP contribution is 2.15. The number of benzene rings is 1. The molecule has 106 valence electrons. The number of imidazole rings is 1. The molecule has 0 atom stereocenters. The van der Waals surface area contributed by atoms with Crippen LogP contribution >= 0.6 is 0 Å². The lowest BCUT2D eigenvalue weighted by atomic mass is 10.2. The Morgan fingerprint density at radius 1 is 1.45 bits per heavy atom. The summed E-state index contributed by atoms with van der Waals surface area (Å²) in [6.07, 6.45) is 3.51. The van der Waals surface area contributed by atoms with Crippen molar-refractivity contribution in [3.05, 3.63) is 48.0 Å². The number of aromatic nitrogens is 2. The van der Waals surface area contributed by atoms with Gasteiger partial charge in [-0.05, 0) is 6.07 Å². The average molecular weight is 273 g/mol. The van der Waals surface area contributed by atoms with Crippen LogP contribution in [0.1, 0.15) is 11.3 Å². The molecule has 0 saturated heterocycles. The van der Waals surface area contributed by atoms with E-state index in [1.54, 1.807) is 19.6 Å². The number of aryl methyl sites for hydroxylation is 1. The van der Waals surface area contributed by atoms with Crippen LogP contribution in [0.2, 0.25) is 0 Å². The Hall–Kier alpha value is -2.34. The minimum Gasteiger partial charge on any atom is -0.380 e. The summed E-state index contributed by atoms with van der Waals surface area (Å²) in [4.78, 5) is 8.34. The van der Waals surface area contributed by atoms with Crippen LogP contribution in [0.3, 0.4) is 0 Å². The van der Waals surface area contributed by atoms with Gasteiger partial charge in [0.1, 0.15) is 0 Å². The minimum atomic E-state index is 0.370. The first kappa shape index (κ1) is 14.1. The van der Waals surface area contributed by atoms with Crippen LogP contribution in [-0.4, -0.2) is 22.6 Å². The van der Waals surface area contributed by atoms with Gasteiger partial charge < -0.3 is 20.4 Å². The zero-order valence-corrected chi connectivity index (χ0v) is 11.7. The van der Waals surface area contributed by atoms with Gasteiger partial charge in [-0.2, -0.15) is 0 Å². The van der Waals surface area contributed by atoms with E-state index < -0.39 is 0 Å². The number of guanidine groups is 1. The van der Waals surface area contributed by atoms with Crippen LogP contribution < -0.4 is 11.1 Å². The number of hydrogen-bond donors (Lipinski definition) is 2. The van der Waals surface area contributed by atoms with Gasteiger partial charge in [0.2, 0.25) is 0 Å². The maximum atomic E-state index is 5.91. The quantitative estimate of drug-likeness (QED) is 0.639. The average Bonchev–Trinajstić information content (AvgIpc) is 2.84. The zero-order valence-electron chi connectivity index (χ0n) is 11.7. The van der Waals surface area contributed by atoms with Gasteiger partial charge in [-0.3, -0.25) is 0 Å². The van der Waals surface area contributed by atoms with Gasteiger partial charge in [-0.15, -0.1) is 0 Å². The summed E-state index contributed by atoms with van der Waals surface area (Å²) >= 11 is 0. The summed E-state index contributed by atoms with van der Waals surface area (Å²) < 4.78 is 7.06. The summed E-state index contributed by atoms with van der Waals surface area (Å²) in [5, 5.41) is 3.10. The van der Waals surface area contributed by atoms with Gasteiger partial charge in [-0.1, -0.05) is 18.2 Å². The van der Waals surface area contributed by atoms with Crippen molar-refractivity contribution in [3.63, 3.8) is 0 Å². The molecule has 0 amide bonds. The fraction of sp³-hybridized carbons (Fsp3) is 0.286. The van der Waals surface area contributed by atoms with Crippen molar-refractivity contribution < 1.29 is 4.74 Å². The number of methoxy groups -OCH3 is 1. The summed E-state index contributed by atoms with van der Waals surface area (Å²) in [5.41, 5.74) is 8.84. The summed E-state index contributed by atoms with van der Waals surface area (Å²) in [6.45, 7) is 1.01. The smallest absolute Gasteiger partial charge is 0.193 e. The molecular weight excluding hydrogens is 254 g/mol. The van der Waals surface area contributed by atoms with Crippen LogP contribution in [0.4, 0.5) is 5.69 Å². The molecule has 6 heteroatoms. The Bertz CT molecular complexity index is 591. The van der Waals surface area contributed by atoms with Crippen LogP contribution in [0, 0.1) is 0 Å². The highest BCUT2D eigenvalue weighted by molar-refractivity contribution is 5.92. The molecule has 2 aromatic rings. The lowest BCUT2D eigenvalue weighted by Gasteiger charge is -2.10. The molecule has 0 aliphatic carbocycles. The second-order valence-electron chi connectivity index (χ2n) is 4.41. The molecule has 0 aliphatic heterocycles. The number of aliphatic imine (C=N–C) groups is 1. The van der Waals surface area contributed by atoms with Crippen LogP contribution in [0.15, 0.2) is 41.8 Å². The predicted octanol–water partition coefficient (Wildman–Crippen LogP) is 1.49. The zero-order chi connectivity index (χ0) is 14.4. The number of anilines is 1. The molecule has 0 saturated carbocycles. The first-order valence-corrected chi connectivity index (χ1v) is 6.29. The molecule has 3 N–H and O–H groups in total. The van der Waals surface area contributed by atoms with Gasteiger partial charge in [0.15, 0.2) is 5.96 Å². The Morgan fingerprint density at radius 3 is 2.95 bits per heavy atom. The maximum Gasteiger partial charge on any atom is 0.193 e. The van der Waals surface area contributed by atoms with E-state index in [0.717, 1.165) is 16.9 Å². The Morgan fingerprint density at radius 2 is 2.25 bits per heavy atom. The van der Waals surface area contributed by atoms with E-state index in [0.29, 0.717) is 19.1 Å². The van der Waals surface area contributed by atoms with E-state index in [4.69, 9.17) is 10.5 Å². The lowest BCUT2D eigenvalue weighted by molar-refractivity contribution is 0.185. The number of ether oxygens (including phenoxy) is 1. The van der Waals surface area contributed by atoms with Crippen LogP contribution in [-0.2, 0) is 24.9 Å². The second kappa shape index (κ2) is 6.72. The first-order chi connectivity index (χ1) is 9.70. The standard InChI is InChI=1S/C14H19N5O/c1-19-10-16-7-12(19)8-17-14(15)18-13-6-4-3-5-11(13)9-20-2/h3-7,10H,8-9H2,1-2H3,(H3,15,17,18). The summed E-state index contributed by atoms with van der Waals surface area (Å²) in [5.74, 6) is 0.370. The van der Waals surface area contributed by atoms with Gasteiger partial charge in [-0.25, -0.2) is 9.98 Å². The summed E-state index contributed by atoms with van der Waals surface area (Å²) in [6, 6.07) is 7.83. The molecule has 0 unspecified atom stereocenters. The van der Waals surface area contributed by atoms with Gasteiger partial charge in [0.05, 0.1) is 31.4 Å². The van der Waals surface area contributed by atoms with Crippen molar-refractivity contribution in [1.82, 2.24) is 9.55 Å². The van der Waals surface area contributed by atoms with Crippen molar-refractivity contribution in [1.29, 1.82) is 0 Å². The van der Waals surface area contributed by atoms with Gasteiger partial charge >= 0.3 is 0 Å². The Labute approximate surface area is 118 Å². The van der Waals surface area contributed by atoms with E-state index >= 15 is 0 Å². The first-order valence-electron chi connectivity index (χ1n) is 6.29. The molecule has 0 fully saturated rings. The highest BCUT2D eigenvalue weighted by atomic mass is 16.5. The van der Waals surface area contributed by atoms with Gasteiger partial charge in [0, 0.05) is 25.4 Å². The third-order valence-electron chi connectivity index (χ3n) is 2.91. The predicted molar refractivity (Wildman–Crippen MR) is 79.3 cm³/mol. The summed E-state index contributed by atoms with van der Waals surface area (Å²) in [7, 11) is 3.59. The van der Waals surface area contributed by atoms with Crippen molar-refractivity contribution in [3.8, 4) is 0 Å². The molecule has 2 rings (SSSR count). The molecule has 0 aliphatic rings. The fourth-order valence-corrected chi connectivity index (χ4v) is 1.80. The molecular formula is C14H19N5O. The Balaban J connectivity index is 2.04. The topological polar surface area (TPSA) is 77.5 Å². The van der Waals surface area contributed by atoms with Crippen molar-refractivity contribution in [2.24, 2.45) is 17.8 Å². The van der Waals surface area contributed by atoms with E-state index in [-0.39, 0.29) is 0 Å². The number of nitrogens with one attached hydrogen (secondary N) is 1. The Kier molecular flexibility index (Phi) is 4.73. The third-order valence-corrected chi connectivity index (χ3v) is 2.91. The van der Waals surface area contributed by atoms with E-state index in [1.165, 1.54) is 0 Å². The number of nitrogens with zero attached hydrogens (tertiary/aromatic N) is 3. The normalized spacial score (nSPS) is 11.6. The number of rotatable bonds is 5. The molecule has 0 bridgehead atoms. The maximum absolute atomic E-state index is 5.91. The second-order valence-corrected chi connectivity index (χ2v) is 4.41. The number of para-hydroxylation sites is 1. The number of hydrogen-bond acceptors (Lipinski definition) is 3. The van der Waals surface area contributed by atoms with Crippen molar-refractivity contribution in [2.45, 2.75) is 13.2 Å².